The average Bonchev–Trinajstić information content (AvgIpc) is 3.25. The van der Waals surface area contributed by atoms with E-state index in [1.807, 2.05) is 43.3 Å². The minimum Gasteiger partial charge on any atom is -0.497 e. The summed E-state index contributed by atoms with van der Waals surface area (Å²) in [5.41, 5.74) is 0.797. The van der Waals surface area contributed by atoms with E-state index in [1.54, 1.807) is 33.4 Å². The highest BCUT2D eigenvalue weighted by molar-refractivity contribution is 5.81. The Morgan fingerprint density at radius 1 is 1.07 bits per heavy atom. The van der Waals surface area contributed by atoms with Crippen LogP contribution in [-0.2, 0) is 11.3 Å². The van der Waals surface area contributed by atoms with Crippen LogP contribution >= 0.6 is 0 Å². The Morgan fingerprint density at radius 3 is 2.40 bits per heavy atom. The molecule has 3 aromatic rings. The summed E-state index contributed by atoms with van der Waals surface area (Å²) in [5.74, 6) is 2.44. The molecule has 0 saturated carbocycles. The first-order chi connectivity index (χ1) is 14.5. The van der Waals surface area contributed by atoms with Crippen molar-refractivity contribution >= 4 is 5.91 Å². The van der Waals surface area contributed by atoms with E-state index in [0.717, 1.165) is 11.3 Å². The lowest BCUT2D eigenvalue weighted by Gasteiger charge is -2.23. The zero-order chi connectivity index (χ0) is 21.5. The maximum atomic E-state index is 12.9. The lowest BCUT2D eigenvalue weighted by Crippen LogP contribution is -2.39. The fourth-order valence-corrected chi connectivity index (χ4v) is 2.88. The van der Waals surface area contributed by atoms with E-state index in [1.165, 1.54) is 4.90 Å². The van der Waals surface area contributed by atoms with Crippen molar-refractivity contribution in [2.75, 3.05) is 21.3 Å². The van der Waals surface area contributed by atoms with Gasteiger partial charge in [0, 0.05) is 12.6 Å². The highest BCUT2D eigenvalue weighted by Gasteiger charge is 2.25. The summed E-state index contributed by atoms with van der Waals surface area (Å²) in [7, 11) is 4.84. The standard InChI is InChI=1S/C22H25N3O5/c1-5-17(29-19-9-7-6-8-18(19)28-4)22(26)25(2)14-20-23-21(24-30-20)15-10-12-16(27-3)13-11-15/h6-13,17H,5,14H2,1-4H3/t17-/m0/s1. The maximum absolute atomic E-state index is 12.9. The molecule has 0 aliphatic rings. The molecule has 8 nitrogen and oxygen atoms in total. The molecule has 0 bridgehead atoms. The van der Waals surface area contributed by atoms with Gasteiger partial charge in [-0.15, -0.1) is 0 Å². The van der Waals surface area contributed by atoms with Gasteiger partial charge in [-0.1, -0.05) is 24.2 Å². The summed E-state index contributed by atoms with van der Waals surface area (Å²) in [6.07, 6.45) is -0.155. The number of rotatable bonds is 9. The van der Waals surface area contributed by atoms with Gasteiger partial charge < -0.3 is 23.6 Å². The number of carbonyl (C=O) groups excluding carboxylic acids is 1. The molecule has 1 atom stereocenters. The Hall–Kier alpha value is -3.55. The Bertz CT molecular complexity index is 971. The van der Waals surface area contributed by atoms with Crippen LogP contribution in [-0.4, -0.2) is 48.3 Å². The zero-order valence-corrected chi connectivity index (χ0v) is 17.5. The molecule has 1 aromatic heterocycles. The topological polar surface area (TPSA) is 86.9 Å². The van der Waals surface area contributed by atoms with Crippen molar-refractivity contribution in [1.29, 1.82) is 0 Å². The van der Waals surface area contributed by atoms with Gasteiger partial charge >= 0.3 is 0 Å². The average molecular weight is 411 g/mol. The van der Waals surface area contributed by atoms with Crippen LogP contribution in [0.25, 0.3) is 11.4 Å². The minimum atomic E-state index is -0.657. The van der Waals surface area contributed by atoms with E-state index in [-0.39, 0.29) is 12.5 Å². The number of amides is 1. The smallest absolute Gasteiger partial charge is 0.263 e. The van der Waals surface area contributed by atoms with Gasteiger partial charge in [-0.2, -0.15) is 4.98 Å². The third-order valence-corrected chi connectivity index (χ3v) is 4.55. The molecule has 0 saturated heterocycles. The number of ether oxygens (including phenoxy) is 3. The fourth-order valence-electron chi connectivity index (χ4n) is 2.88. The molecule has 0 N–H and O–H groups in total. The van der Waals surface area contributed by atoms with Crippen LogP contribution in [0.4, 0.5) is 0 Å². The molecule has 0 aliphatic heterocycles. The molecular formula is C22H25N3O5. The number of para-hydroxylation sites is 2. The summed E-state index contributed by atoms with van der Waals surface area (Å²) in [6.45, 7) is 2.06. The molecule has 0 spiro atoms. The van der Waals surface area contributed by atoms with Crippen molar-refractivity contribution in [2.45, 2.75) is 26.0 Å². The van der Waals surface area contributed by atoms with Crippen LogP contribution in [0.5, 0.6) is 17.2 Å². The Balaban J connectivity index is 1.66. The molecule has 3 rings (SSSR count). The fraction of sp³-hybridized carbons (Fsp3) is 0.318. The molecule has 2 aromatic carbocycles. The molecule has 1 heterocycles. The van der Waals surface area contributed by atoms with E-state index >= 15 is 0 Å². The van der Waals surface area contributed by atoms with Crippen molar-refractivity contribution in [3.05, 3.63) is 54.4 Å². The van der Waals surface area contributed by atoms with Crippen LogP contribution in [0, 0.1) is 0 Å². The van der Waals surface area contributed by atoms with Gasteiger partial charge in [0.1, 0.15) is 5.75 Å². The normalized spacial score (nSPS) is 11.6. The molecule has 30 heavy (non-hydrogen) atoms. The van der Waals surface area contributed by atoms with E-state index in [2.05, 4.69) is 10.1 Å². The Kier molecular flexibility index (Phi) is 6.90. The van der Waals surface area contributed by atoms with Crippen molar-refractivity contribution in [2.24, 2.45) is 0 Å². The lowest BCUT2D eigenvalue weighted by molar-refractivity contribution is -0.138. The zero-order valence-electron chi connectivity index (χ0n) is 17.5. The molecule has 158 valence electrons. The van der Waals surface area contributed by atoms with Gasteiger partial charge in [-0.3, -0.25) is 4.79 Å². The van der Waals surface area contributed by atoms with Crippen LogP contribution in [0.1, 0.15) is 19.2 Å². The van der Waals surface area contributed by atoms with Crippen molar-refractivity contribution in [3.8, 4) is 28.6 Å². The summed E-state index contributed by atoms with van der Waals surface area (Å²) in [6, 6.07) is 14.6. The molecular weight excluding hydrogens is 386 g/mol. The van der Waals surface area contributed by atoms with Crippen molar-refractivity contribution in [3.63, 3.8) is 0 Å². The number of hydrogen-bond donors (Lipinski definition) is 0. The first kappa shape index (κ1) is 21.2. The number of hydrogen-bond acceptors (Lipinski definition) is 7. The van der Waals surface area contributed by atoms with Crippen LogP contribution in [0.15, 0.2) is 53.1 Å². The first-order valence-electron chi connectivity index (χ1n) is 9.57. The number of benzene rings is 2. The van der Waals surface area contributed by atoms with E-state index in [0.29, 0.717) is 29.6 Å². The van der Waals surface area contributed by atoms with Crippen molar-refractivity contribution in [1.82, 2.24) is 15.0 Å². The number of aromatic nitrogens is 2. The number of likely N-dealkylation sites (N-methyl/N-ethyl adjacent to an activating group) is 1. The molecule has 0 unspecified atom stereocenters. The molecule has 0 radical (unpaired) electrons. The molecule has 1 amide bonds. The van der Waals surface area contributed by atoms with Gasteiger partial charge in [0.05, 0.1) is 20.8 Å². The second-order valence-electron chi connectivity index (χ2n) is 6.60. The van der Waals surface area contributed by atoms with Crippen LogP contribution in [0.2, 0.25) is 0 Å². The highest BCUT2D eigenvalue weighted by atomic mass is 16.5. The monoisotopic (exact) mass is 411 g/mol. The molecule has 0 aliphatic carbocycles. The second kappa shape index (κ2) is 9.78. The number of methoxy groups -OCH3 is 2. The second-order valence-corrected chi connectivity index (χ2v) is 6.60. The van der Waals surface area contributed by atoms with Gasteiger partial charge in [-0.25, -0.2) is 0 Å². The predicted molar refractivity (Wildman–Crippen MR) is 110 cm³/mol. The first-order valence-corrected chi connectivity index (χ1v) is 9.57. The van der Waals surface area contributed by atoms with Gasteiger partial charge in [-0.05, 0) is 42.8 Å². The number of nitrogens with zero attached hydrogens (tertiary/aromatic N) is 3. The third-order valence-electron chi connectivity index (χ3n) is 4.55. The maximum Gasteiger partial charge on any atom is 0.263 e. The highest BCUT2D eigenvalue weighted by Crippen LogP contribution is 2.28. The van der Waals surface area contributed by atoms with E-state index < -0.39 is 6.10 Å². The summed E-state index contributed by atoms with van der Waals surface area (Å²) in [5, 5.41) is 4.00. The van der Waals surface area contributed by atoms with E-state index in [4.69, 9.17) is 18.7 Å². The summed E-state index contributed by atoms with van der Waals surface area (Å²) in [4.78, 5) is 18.8. The largest absolute Gasteiger partial charge is 0.497 e. The van der Waals surface area contributed by atoms with Gasteiger partial charge in [0.15, 0.2) is 17.6 Å². The van der Waals surface area contributed by atoms with Crippen LogP contribution < -0.4 is 14.2 Å². The number of carbonyl (C=O) groups is 1. The summed E-state index contributed by atoms with van der Waals surface area (Å²) < 4.78 is 21.7. The quantitative estimate of drug-likeness (QED) is 0.532. The molecule has 8 heteroatoms. The third kappa shape index (κ3) is 4.89. The van der Waals surface area contributed by atoms with Crippen molar-refractivity contribution < 1.29 is 23.5 Å². The van der Waals surface area contributed by atoms with E-state index in [9.17, 15) is 4.79 Å². The SMILES string of the molecule is CC[C@H](Oc1ccccc1OC)C(=O)N(C)Cc1nc(-c2ccc(OC)cc2)no1. The van der Waals surface area contributed by atoms with Gasteiger partial charge in [0.2, 0.25) is 11.7 Å². The minimum absolute atomic E-state index is 0.174. The van der Waals surface area contributed by atoms with Gasteiger partial charge in [0.25, 0.3) is 5.91 Å². The Morgan fingerprint density at radius 2 is 1.77 bits per heavy atom. The predicted octanol–water partition coefficient (Wildman–Crippen LogP) is 3.57. The van der Waals surface area contributed by atoms with Crippen LogP contribution in [0.3, 0.4) is 0 Å². The summed E-state index contributed by atoms with van der Waals surface area (Å²) >= 11 is 0. The lowest BCUT2D eigenvalue weighted by atomic mass is 10.2. The molecule has 0 fully saturated rings. The Labute approximate surface area is 175 Å².